The van der Waals surface area contributed by atoms with Crippen molar-refractivity contribution in [3.63, 3.8) is 0 Å². The molecule has 0 aromatic heterocycles. The lowest BCUT2D eigenvalue weighted by Gasteiger charge is -2.61. The number of hydrogen-bond donors (Lipinski definition) is 2. The van der Waals surface area contributed by atoms with Gasteiger partial charge in [-0.15, -0.1) is 0 Å². The van der Waals surface area contributed by atoms with E-state index in [0.717, 1.165) is 30.7 Å². The average molecular weight is 340 g/mol. The standard InChI is InChI=1S/C21H24O4/c22-15-4-3-13-10-14-12(9-11-1-2-11)5-7-20-17(13)18(15)25-19(20)16(23)6-8-21(14,20)24/h3-4,11-12,14,19,22,24H,1-2,5-10H2/t12?,14-,19-,20-,21+/m0/s1. The molecule has 132 valence electrons. The van der Waals surface area contributed by atoms with Gasteiger partial charge in [0.25, 0.3) is 0 Å². The fraction of sp³-hybridized carbons (Fsp3) is 0.667. The van der Waals surface area contributed by atoms with Crippen LogP contribution in [-0.2, 0) is 16.6 Å². The van der Waals surface area contributed by atoms with Crippen molar-refractivity contribution in [3.05, 3.63) is 23.3 Å². The molecule has 0 radical (unpaired) electrons. The van der Waals surface area contributed by atoms with Crippen LogP contribution in [0.25, 0.3) is 0 Å². The van der Waals surface area contributed by atoms with Gasteiger partial charge in [0.2, 0.25) is 0 Å². The largest absolute Gasteiger partial charge is 0.504 e. The highest BCUT2D eigenvalue weighted by Gasteiger charge is 2.73. The van der Waals surface area contributed by atoms with Gasteiger partial charge >= 0.3 is 0 Å². The molecule has 0 amide bonds. The van der Waals surface area contributed by atoms with Crippen LogP contribution in [0, 0.1) is 17.8 Å². The topological polar surface area (TPSA) is 66.8 Å². The fourth-order valence-electron chi connectivity index (χ4n) is 6.82. The van der Waals surface area contributed by atoms with Crippen molar-refractivity contribution in [3.8, 4) is 11.5 Å². The Morgan fingerprint density at radius 2 is 2.04 bits per heavy atom. The van der Waals surface area contributed by atoms with Crippen LogP contribution in [0.1, 0.15) is 56.1 Å². The number of benzene rings is 1. The summed E-state index contributed by atoms with van der Waals surface area (Å²) in [6, 6.07) is 3.69. The van der Waals surface area contributed by atoms with E-state index in [0.29, 0.717) is 24.5 Å². The summed E-state index contributed by atoms with van der Waals surface area (Å²) >= 11 is 0. The molecule has 6 rings (SSSR count). The van der Waals surface area contributed by atoms with E-state index in [1.54, 1.807) is 6.07 Å². The number of hydrogen-bond acceptors (Lipinski definition) is 4. The van der Waals surface area contributed by atoms with E-state index in [9.17, 15) is 15.0 Å². The minimum absolute atomic E-state index is 0.0903. The summed E-state index contributed by atoms with van der Waals surface area (Å²) in [5.41, 5.74) is 0.638. The number of ether oxygens (including phenoxy) is 1. The predicted molar refractivity (Wildman–Crippen MR) is 90.7 cm³/mol. The summed E-state index contributed by atoms with van der Waals surface area (Å²) in [4.78, 5) is 12.7. The monoisotopic (exact) mass is 340 g/mol. The fourth-order valence-corrected chi connectivity index (χ4v) is 6.82. The Kier molecular flexibility index (Phi) is 2.57. The number of carbonyl (C=O) groups excluding carboxylic acids is 1. The van der Waals surface area contributed by atoms with Gasteiger partial charge in [-0.1, -0.05) is 18.9 Å². The Hall–Kier alpha value is -1.55. The minimum Gasteiger partial charge on any atom is -0.504 e. The van der Waals surface area contributed by atoms with Crippen molar-refractivity contribution in [1.82, 2.24) is 0 Å². The summed E-state index contributed by atoms with van der Waals surface area (Å²) in [7, 11) is 0. The number of rotatable bonds is 2. The summed E-state index contributed by atoms with van der Waals surface area (Å²) < 4.78 is 6.06. The second-order valence-corrected chi connectivity index (χ2v) is 9.10. The van der Waals surface area contributed by atoms with Crippen molar-refractivity contribution >= 4 is 5.78 Å². The Morgan fingerprint density at radius 1 is 1.20 bits per heavy atom. The first-order valence-corrected chi connectivity index (χ1v) is 9.81. The van der Waals surface area contributed by atoms with E-state index in [4.69, 9.17) is 4.74 Å². The highest BCUT2D eigenvalue weighted by Crippen LogP contribution is 2.68. The van der Waals surface area contributed by atoms with Gasteiger partial charge in [-0.2, -0.15) is 0 Å². The van der Waals surface area contributed by atoms with Crippen LogP contribution < -0.4 is 4.74 Å². The van der Waals surface area contributed by atoms with Crippen LogP contribution in [0.2, 0.25) is 0 Å². The highest BCUT2D eigenvalue weighted by atomic mass is 16.5. The van der Waals surface area contributed by atoms with E-state index in [-0.39, 0.29) is 17.5 Å². The molecule has 2 bridgehead atoms. The molecule has 1 aromatic rings. The van der Waals surface area contributed by atoms with Crippen LogP contribution in [0.5, 0.6) is 11.5 Å². The van der Waals surface area contributed by atoms with Gasteiger partial charge in [0.15, 0.2) is 23.4 Å². The molecule has 1 aromatic carbocycles. The molecule has 4 nitrogen and oxygen atoms in total. The first-order valence-electron chi connectivity index (χ1n) is 9.81. The van der Waals surface area contributed by atoms with Gasteiger partial charge in [-0.3, -0.25) is 4.79 Å². The Balaban J connectivity index is 1.58. The lowest BCUT2D eigenvalue weighted by Crippen LogP contribution is -2.71. The van der Waals surface area contributed by atoms with Crippen molar-refractivity contribution in [2.75, 3.05) is 0 Å². The minimum atomic E-state index is -0.866. The molecular formula is C21H24O4. The summed E-state index contributed by atoms with van der Waals surface area (Å²) in [6.07, 6.45) is 6.94. The van der Waals surface area contributed by atoms with Crippen molar-refractivity contribution in [1.29, 1.82) is 0 Å². The highest BCUT2D eigenvalue weighted by molar-refractivity contribution is 5.89. The summed E-state index contributed by atoms with van der Waals surface area (Å²) in [5.74, 6) is 2.27. The Morgan fingerprint density at radius 3 is 2.84 bits per heavy atom. The summed E-state index contributed by atoms with van der Waals surface area (Å²) in [6.45, 7) is 0. The van der Waals surface area contributed by atoms with Gasteiger partial charge in [-0.25, -0.2) is 0 Å². The number of carbonyl (C=O) groups is 1. The van der Waals surface area contributed by atoms with Crippen molar-refractivity contribution < 1.29 is 19.7 Å². The van der Waals surface area contributed by atoms with Gasteiger partial charge in [-0.05, 0) is 61.5 Å². The third kappa shape index (κ3) is 1.57. The third-order valence-electron chi connectivity index (χ3n) is 8.03. The predicted octanol–water partition coefficient (Wildman–Crippen LogP) is 2.87. The van der Waals surface area contributed by atoms with Crippen LogP contribution in [0.3, 0.4) is 0 Å². The van der Waals surface area contributed by atoms with Crippen molar-refractivity contribution in [2.24, 2.45) is 17.8 Å². The van der Waals surface area contributed by atoms with Crippen LogP contribution >= 0.6 is 0 Å². The van der Waals surface area contributed by atoms with E-state index < -0.39 is 17.1 Å². The molecule has 1 unspecified atom stereocenters. The zero-order chi connectivity index (χ0) is 17.0. The first kappa shape index (κ1) is 14.6. The number of Topliss-reactive ketones (excluding diaryl/α,β-unsaturated/α-hetero) is 1. The van der Waals surface area contributed by atoms with E-state index in [1.165, 1.54) is 24.8 Å². The average Bonchev–Trinajstić information content (AvgIpc) is 3.32. The lowest BCUT2D eigenvalue weighted by atomic mass is 9.43. The van der Waals surface area contributed by atoms with Gasteiger partial charge in [0.05, 0.1) is 11.0 Å². The Bertz CT molecular complexity index is 797. The SMILES string of the molecule is O=C1CC[C@@]2(O)[C@H]3Cc4ccc(O)c5c4[C@@]2(CCC3CC2CC2)[C@H]1O5. The Labute approximate surface area is 147 Å². The first-order chi connectivity index (χ1) is 12.0. The van der Waals surface area contributed by atoms with E-state index >= 15 is 0 Å². The number of aliphatic hydroxyl groups is 1. The second kappa shape index (κ2) is 4.40. The number of ketones is 1. The number of phenolic OH excluding ortho intramolecular Hbond substituents is 1. The number of aromatic hydroxyl groups is 1. The molecule has 25 heavy (non-hydrogen) atoms. The molecule has 5 atom stereocenters. The molecule has 1 heterocycles. The molecule has 5 aliphatic rings. The maximum absolute atomic E-state index is 12.7. The molecule has 3 saturated carbocycles. The zero-order valence-electron chi connectivity index (χ0n) is 14.3. The molecule has 2 N–H and O–H groups in total. The maximum Gasteiger partial charge on any atom is 0.174 e. The van der Waals surface area contributed by atoms with Crippen LogP contribution in [0.15, 0.2) is 12.1 Å². The number of phenols is 1. The van der Waals surface area contributed by atoms with E-state index in [1.807, 2.05) is 6.07 Å². The molecule has 1 spiro atoms. The summed E-state index contributed by atoms with van der Waals surface area (Å²) in [5, 5.41) is 22.3. The molecule has 3 fully saturated rings. The third-order valence-corrected chi connectivity index (χ3v) is 8.03. The smallest absolute Gasteiger partial charge is 0.174 e. The zero-order valence-corrected chi connectivity index (χ0v) is 14.3. The van der Waals surface area contributed by atoms with Crippen LogP contribution in [0.4, 0.5) is 0 Å². The molecular weight excluding hydrogens is 316 g/mol. The van der Waals surface area contributed by atoms with Gasteiger partial charge in [0.1, 0.15) is 0 Å². The normalized spacial score (nSPS) is 43.6. The van der Waals surface area contributed by atoms with Gasteiger partial charge in [0, 0.05) is 12.0 Å². The molecule has 4 aliphatic carbocycles. The second-order valence-electron chi connectivity index (χ2n) is 9.10. The molecule has 1 aliphatic heterocycles. The van der Waals surface area contributed by atoms with Crippen LogP contribution in [-0.4, -0.2) is 27.7 Å². The van der Waals surface area contributed by atoms with Crippen molar-refractivity contribution in [2.45, 2.75) is 68.5 Å². The molecule has 0 saturated heterocycles. The maximum atomic E-state index is 12.7. The van der Waals surface area contributed by atoms with E-state index in [2.05, 4.69) is 0 Å². The quantitative estimate of drug-likeness (QED) is 0.869. The molecule has 4 heteroatoms. The lowest BCUT2D eigenvalue weighted by molar-refractivity contribution is -0.189. The van der Waals surface area contributed by atoms with Gasteiger partial charge < -0.3 is 14.9 Å².